The molecule has 1 aromatic rings. The molecule has 0 saturated carbocycles. The molecule has 0 atom stereocenters. The van der Waals surface area contributed by atoms with Crippen LogP contribution in [0.5, 0.6) is 5.75 Å². The van der Waals surface area contributed by atoms with Crippen LogP contribution in [0.1, 0.15) is 39.2 Å². The fourth-order valence-corrected chi connectivity index (χ4v) is 3.21. The summed E-state index contributed by atoms with van der Waals surface area (Å²) in [5, 5.41) is 6.62. The van der Waals surface area contributed by atoms with Gasteiger partial charge in [0.15, 0.2) is 5.96 Å². The number of aliphatic imine (C=N–C) groups is 1. The Morgan fingerprint density at radius 1 is 1.25 bits per heavy atom. The highest BCUT2D eigenvalue weighted by molar-refractivity contribution is 5.80. The predicted octanol–water partition coefficient (Wildman–Crippen LogP) is 3.51. The minimum absolute atomic E-state index is 0.0788. The number of rotatable bonds is 7. The van der Waals surface area contributed by atoms with E-state index in [9.17, 15) is 13.2 Å². The normalized spacial score (nSPS) is 17.0. The molecular formula is C20H31F3N4O. The number of benzene rings is 1. The van der Waals surface area contributed by atoms with E-state index in [1.807, 2.05) is 6.92 Å². The minimum Gasteiger partial charge on any atom is -0.491 e. The summed E-state index contributed by atoms with van der Waals surface area (Å²) < 4.78 is 44.3. The van der Waals surface area contributed by atoms with Gasteiger partial charge in [-0.05, 0) is 45.7 Å². The van der Waals surface area contributed by atoms with E-state index in [1.165, 1.54) is 18.2 Å². The number of nitrogens with one attached hydrogen (secondary N) is 2. The Kier molecular flexibility index (Phi) is 8.41. The van der Waals surface area contributed by atoms with E-state index in [2.05, 4.69) is 34.4 Å². The quantitative estimate of drug-likeness (QED) is 0.418. The zero-order valence-corrected chi connectivity index (χ0v) is 16.9. The molecule has 2 N–H and O–H groups in total. The van der Waals surface area contributed by atoms with Crippen molar-refractivity contribution in [1.82, 2.24) is 15.5 Å². The summed E-state index contributed by atoms with van der Waals surface area (Å²) in [6, 6.07) is 6.14. The Bertz CT molecular complexity index is 626. The van der Waals surface area contributed by atoms with Crippen LogP contribution >= 0.6 is 0 Å². The highest BCUT2D eigenvalue weighted by atomic mass is 19.4. The molecule has 1 fully saturated rings. The number of piperidine rings is 1. The first-order valence-corrected chi connectivity index (χ1v) is 9.89. The second-order valence-corrected chi connectivity index (χ2v) is 7.15. The first kappa shape index (κ1) is 22.3. The van der Waals surface area contributed by atoms with Gasteiger partial charge in [0.2, 0.25) is 0 Å². The van der Waals surface area contributed by atoms with Crippen LogP contribution in [-0.4, -0.2) is 55.7 Å². The van der Waals surface area contributed by atoms with Gasteiger partial charge in [0, 0.05) is 31.7 Å². The van der Waals surface area contributed by atoms with Crippen LogP contribution in [-0.2, 0) is 6.18 Å². The van der Waals surface area contributed by atoms with Crippen LogP contribution in [0, 0.1) is 0 Å². The third-order valence-electron chi connectivity index (χ3n) is 4.76. The lowest BCUT2D eigenvalue weighted by molar-refractivity contribution is -0.138. The van der Waals surface area contributed by atoms with E-state index in [4.69, 9.17) is 4.74 Å². The van der Waals surface area contributed by atoms with E-state index >= 15 is 0 Å². The summed E-state index contributed by atoms with van der Waals surface area (Å²) in [7, 11) is 0. The SMILES string of the molecule is CCNC(=NCCOc1ccccc1C(F)(F)F)NC1CCN(C(C)C)CC1. The lowest BCUT2D eigenvalue weighted by Crippen LogP contribution is -2.50. The standard InChI is InChI=1S/C20H31F3N4O/c1-4-24-19(26-16-9-12-27(13-10-16)15(2)3)25-11-14-28-18-8-6-5-7-17(18)20(21,22)23/h5-8,15-16H,4,9-14H2,1-3H3,(H2,24,25,26). The maximum absolute atomic E-state index is 13.0. The molecule has 8 heteroatoms. The Labute approximate surface area is 165 Å². The van der Waals surface area contributed by atoms with E-state index in [-0.39, 0.29) is 18.9 Å². The molecule has 0 bridgehead atoms. The lowest BCUT2D eigenvalue weighted by Gasteiger charge is -2.35. The molecule has 1 aliphatic heterocycles. The van der Waals surface area contributed by atoms with Crippen molar-refractivity contribution < 1.29 is 17.9 Å². The molecule has 1 aromatic carbocycles. The summed E-state index contributed by atoms with van der Waals surface area (Å²) in [5.74, 6) is 0.516. The first-order chi connectivity index (χ1) is 13.3. The fraction of sp³-hybridized carbons (Fsp3) is 0.650. The van der Waals surface area contributed by atoms with E-state index in [0.717, 1.165) is 32.0 Å². The van der Waals surface area contributed by atoms with Crippen molar-refractivity contribution in [2.75, 3.05) is 32.8 Å². The zero-order valence-electron chi connectivity index (χ0n) is 16.9. The van der Waals surface area contributed by atoms with Gasteiger partial charge in [-0.3, -0.25) is 0 Å². The molecule has 0 amide bonds. The topological polar surface area (TPSA) is 48.9 Å². The molecular weight excluding hydrogens is 369 g/mol. The van der Waals surface area contributed by atoms with Gasteiger partial charge in [0.25, 0.3) is 0 Å². The predicted molar refractivity (Wildman–Crippen MR) is 106 cm³/mol. The Morgan fingerprint density at radius 3 is 2.54 bits per heavy atom. The maximum atomic E-state index is 13.0. The smallest absolute Gasteiger partial charge is 0.419 e. The fourth-order valence-electron chi connectivity index (χ4n) is 3.21. The zero-order chi connectivity index (χ0) is 20.6. The average molecular weight is 400 g/mol. The van der Waals surface area contributed by atoms with Gasteiger partial charge in [-0.25, -0.2) is 4.99 Å². The summed E-state index contributed by atoms with van der Waals surface area (Å²) in [4.78, 5) is 6.90. The third-order valence-corrected chi connectivity index (χ3v) is 4.76. The molecule has 28 heavy (non-hydrogen) atoms. The molecule has 5 nitrogen and oxygen atoms in total. The van der Waals surface area contributed by atoms with Crippen LogP contribution in [0.2, 0.25) is 0 Å². The molecule has 0 unspecified atom stereocenters. The van der Waals surface area contributed by atoms with Gasteiger partial charge in [-0.1, -0.05) is 12.1 Å². The number of ether oxygens (including phenoxy) is 1. The van der Waals surface area contributed by atoms with Crippen molar-refractivity contribution in [3.05, 3.63) is 29.8 Å². The number of hydrogen-bond donors (Lipinski definition) is 2. The Balaban J connectivity index is 1.85. The van der Waals surface area contributed by atoms with Crippen molar-refractivity contribution in [3.63, 3.8) is 0 Å². The number of likely N-dealkylation sites (tertiary alicyclic amines) is 1. The largest absolute Gasteiger partial charge is 0.491 e. The van der Waals surface area contributed by atoms with Crippen LogP contribution in [0.15, 0.2) is 29.3 Å². The van der Waals surface area contributed by atoms with Crippen LogP contribution in [0.25, 0.3) is 0 Å². The molecule has 1 aliphatic rings. The van der Waals surface area contributed by atoms with Crippen molar-refractivity contribution in [2.24, 2.45) is 4.99 Å². The number of guanidine groups is 1. The number of hydrogen-bond acceptors (Lipinski definition) is 3. The molecule has 0 spiro atoms. The van der Waals surface area contributed by atoms with E-state index in [0.29, 0.717) is 24.6 Å². The maximum Gasteiger partial charge on any atom is 0.419 e. The molecule has 0 aromatic heterocycles. The van der Waals surface area contributed by atoms with Crippen molar-refractivity contribution >= 4 is 5.96 Å². The summed E-state index contributed by atoms with van der Waals surface area (Å²) in [6.07, 6.45) is -2.35. The number of alkyl halides is 3. The summed E-state index contributed by atoms with van der Waals surface area (Å²) in [6.45, 7) is 9.55. The lowest BCUT2D eigenvalue weighted by atomic mass is 10.0. The monoisotopic (exact) mass is 400 g/mol. The highest BCUT2D eigenvalue weighted by Gasteiger charge is 2.33. The molecule has 1 saturated heterocycles. The van der Waals surface area contributed by atoms with Crippen LogP contribution < -0.4 is 15.4 Å². The van der Waals surface area contributed by atoms with E-state index in [1.54, 1.807) is 0 Å². The molecule has 2 rings (SSSR count). The van der Waals surface area contributed by atoms with Gasteiger partial charge in [-0.15, -0.1) is 0 Å². The van der Waals surface area contributed by atoms with Gasteiger partial charge < -0.3 is 20.3 Å². The molecule has 0 radical (unpaired) electrons. The average Bonchev–Trinajstić information content (AvgIpc) is 2.65. The van der Waals surface area contributed by atoms with Crippen LogP contribution in [0.4, 0.5) is 13.2 Å². The third kappa shape index (κ3) is 6.89. The molecule has 158 valence electrons. The molecule has 1 heterocycles. The number of para-hydroxylation sites is 1. The number of halogens is 3. The van der Waals surface area contributed by atoms with Gasteiger partial charge in [-0.2, -0.15) is 13.2 Å². The Hall–Kier alpha value is -1.96. The van der Waals surface area contributed by atoms with Gasteiger partial charge in [0.1, 0.15) is 12.4 Å². The second-order valence-electron chi connectivity index (χ2n) is 7.15. The Morgan fingerprint density at radius 2 is 1.93 bits per heavy atom. The van der Waals surface area contributed by atoms with Gasteiger partial charge in [0.05, 0.1) is 12.1 Å². The van der Waals surface area contributed by atoms with Crippen molar-refractivity contribution in [2.45, 2.75) is 51.9 Å². The van der Waals surface area contributed by atoms with Crippen molar-refractivity contribution in [3.8, 4) is 5.75 Å². The van der Waals surface area contributed by atoms with E-state index < -0.39 is 11.7 Å². The van der Waals surface area contributed by atoms with Crippen molar-refractivity contribution in [1.29, 1.82) is 0 Å². The minimum atomic E-state index is -4.43. The summed E-state index contributed by atoms with van der Waals surface area (Å²) >= 11 is 0. The van der Waals surface area contributed by atoms with Crippen LogP contribution in [0.3, 0.4) is 0 Å². The summed E-state index contributed by atoms with van der Waals surface area (Å²) in [5.41, 5.74) is -0.763. The number of nitrogens with zero attached hydrogens (tertiary/aromatic N) is 2. The molecule has 0 aliphatic carbocycles. The first-order valence-electron chi connectivity index (χ1n) is 9.89. The highest BCUT2D eigenvalue weighted by Crippen LogP contribution is 2.35. The second kappa shape index (κ2) is 10.5. The van der Waals surface area contributed by atoms with Gasteiger partial charge >= 0.3 is 6.18 Å².